The highest BCUT2D eigenvalue weighted by Crippen LogP contribution is 2.42. The molecule has 2 amide bonds. The summed E-state index contributed by atoms with van der Waals surface area (Å²) in [6, 6.07) is 2.88. The molecule has 188 valence electrons. The van der Waals surface area contributed by atoms with Crippen LogP contribution in [0.1, 0.15) is 29.8 Å². The van der Waals surface area contributed by atoms with Gasteiger partial charge < -0.3 is 20.1 Å². The van der Waals surface area contributed by atoms with Crippen molar-refractivity contribution in [2.24, 2.45) is 0 Å². The lowest BCUT2D eigenvalue weighted by atomic mass is 9.95. The van der Waals surface area contributed by atoms with Gasteiger partial charge in [-0.2, -0.15) is 13.9 Å². The minimum atomic E-state index is -3.38. The van der Waals surface area contributed by atoms with Crippen LogP contribution in [0.3, 0.4) is 0 Å². The molecule has 2 aromatic rings. The molecule has 1 aromatic heterocycles. The summed E-state index contributed by atoms with van der Waals surface area (Å²) in [7, 11) is 0. The first kappa shape index (κ1) is 24.9. The molecule has 3 heterocycles. The van der Waals surface area contributed by atoms with Crippen LogP contribution in [0.5, 0.6) is 0 Å². The van der Waals surface area contributed by atoms with E-state index in [2.05, 4.69) is 15.3 Å². The van der Waals surface area contributed by atoms with Gasteiger partial charge in [-0.05, 0) is 24.6 Å². The van der Waals surface area contributed by atoms with Gasteiger partial charge in [0.25, 0.3) is 12.3 Å². The number of hydrogen-bond donors (Lipinski definition) is 2. The summed E-state index contributed by atoms with van der Waals surface area (Å²) >= 11 is 0. The predicted octanol–water partition coefficient (Wildman–Crippen LogP) is 4.06. The van der Waals surface area contributed by atoms with E-state index >= 15 is 8.78 Å². The number of carbonyl (C=O) groups excluding carboxylic acids is 1. The van der Waals surface area contributed by atoms with E-state index < -0.39 is 55.1 Å². The average Bonchev–Trinajstić information content (AvgIpc) is 3.11. The maximum absolute atomic E-state index is 15.2. The van der Waals surface area contributed by atoms with Crippen LogP contribution < -0.4 is 5.32 Å². The zero-order chi connectivity index (χ0) is 25.4. The Morgan fingerprint density at radius 3 is 2.83 bits per heavy atom. The van der Waals surface area contributed by atoms with Crippen LogP contribution in [-0.2, 0) is 30.2 Å². The molecule has 13 heteroatoms. The largest absolute Gasteiger partial charge is 0.386 e. The van der Waals surface area contributed by atoms with Crippen molar-refractivity contribution >= 4 is 17.4 Å². The molecular weight excluding hydrogens is 477 g/mol. The molecule has 0 bridgehead atoms. The number of nitrogens with one attached hydrogen (secondary N) is 1. The number of urea groups is 1. The van der Waals surface area contributed by atoms with E-state index in [1.807, 2.05) is 0 Å². The Morgan fingerprint density at radius 2 is 2.11 bits per heavy atom. The first-order chi connectivity index (χ1) is 16.5. The van der Waals surface area contributed by atoms with Gasteiger partial charge in [-0.15, -0.1) is 0 Å². The number of hydrogen-bond acceptors (Lipinski definition) is 4. The van der Waals surface area contributed by atoms with Crippen LogP contribution in [-0.4, -0.2) is 57.6 Å². The predicted molar refractivity (Wildman–Crippen MR) is 113 cm³/mol. The topological polar surface area (TPSA) is 84.0 Å². The van der Waals surface area contributed by atoms with E-state index in [0.29, 0.717) is 5.69 Å². The summed E-state index contributed by atoms with van der Waals surface area (Å²) in [5, 5.41) is 17.6. The second-order valence-corrected chi connectivity index (χ2v) is 8.65. The Morgan fingerprint density at radius 1 is 1.34 bits per heavy atom. The second-order valence-electron chi connectivity index (χ2n) is 8.65. The number of ether oxygens (including phenoxy) is 1. The summed E-state index contributed by atoms with van der Waals surface area (Å²) in [5.74, 6) is -4.11. The van der Waals surface area contributed by atoms with Crippen molar-refractivity contribution in [3.63, 3.8) is 0 Å². The van der Waals surface area contributed by atoms with Gasteiger partial charge in [0.1, 0.15) is 23.7 Å². The Balaban J connectivity index is 1.54. The van der Waals surface area contributed by atoms with Gasteiger partial charge in [0.2, 0.25) is 5.69 Å². The Bertz CT molecular complexity index is 1170. The Kier molecular flexibility index (Phi) is 6.70. The van der Waals surface area contributed by atoms with Crippen molar-refractivity contribution in [1.82, 2.24) is 14.7 Å². The van der Waals surface area contributed by atoms with Crippen molar-refractivity contribution in [1.29, 1.82) is 0 Å². The van der Waals surface area contributed by atoms with Crippen molar-refractivity contribution in [3.8, 4) is 0 Å². The lowest BCUT2D eigenvalue weighted by molar-refractivity contribution is -0.0926. The minimum absolute atomic E-state index is 0.162. The smallest absolute Gasteiger partial charge is 0.322 e. The zero-order valence-electron chi connectivity index (χ0n) is 18.4. The van der Waals surface area contributed by atoms with Crippen molar-refractivity contribution in [3.05, 3.63) is 52.4 Å². The lowest BCUT2D eigenvalue weighted by Gasteiger charge is -2.28. The summed E-state index contributed by atoms with van der Waals surface area (Å²) in [6.45, 7) is 5.13. The highest BCUT2D eigenvalue weighted by atomic mass is 19.3. The number of amides is 2. The number of aliphatic hydroxyl groups is 1. The van der Waals surface area contributed by atoms with Gasteiger partial charge in [0, 0.05) is 30.6 Å². The van der Waals surface area contributed by atoms with E-state index in [1.165, 1.54) is 17.0 Å². The van der Waals surface area contributed by atoms with Gasteiger partial charge in [-0.3, -0.25) is 4.68 Å². The van der Waals surface area contributed by atoms with E-state index in [-0.39, 0.29) is 49.4 Å². The van der Waals surface area contributed by atoms with Crippen molar-refractivity contribution in [2.75, 3.05) is 25.1 Å². The van der Waals surface area contributed by atoms with Gasteiger partial charge in [-0.25, -0.2) is 22.8 Å². The molecule has 0 radical (unpaired) electrons. The first-order valence-corrected chi connectivity index (χ1v) is 10.8. The molecule has 2 N–H and O–H groups in total. The van der Waals surface area contributed by atoms with Gasteiger partial charge in [0.15, 0.2) is 0 Å². The Hall–Kier alpha value is -3.24. The molecule has 0 saturated heterocycles. The number of nitrogens with zero attached hydrogens (tertiary/aromatic N) is 4. The van der Waals surface area contributed by atoms with E-state index in [1.54, 1.807) is 0 Å². The summed E-state index contributed by atoms with van der Waals surface area (Å²) < 4.78 is 74.4. The molecule has 0 fully saturated rings. The molecule has 2 aliphatic heterocycles. The molecule has 0 spiro atoms. The van der Waals surface area contributed by atoms with Gasteiger partial charge in [-0.1, -0.05) is 0 Å². The first-order valence-electron chi connectivity index (χ1n) is 10.8. The number of anilines is 1. The average molecular weight is 499 g/mol. The van der Waals surface area contributed by atoms with Gasteiger partial charge in [0.05, 0.1) is 32.0 Å². The zero-order valence-corrected chi connectivity index (χ0v) is 18.4. The number of aromatic nitrogens is 2. The van der Waals surface area contributed by atoms with Gasteiger partial charge >= 0.3 is 6.03 Å². The van der Waals surface area contributed by atoms with E-state index in [4.69, 9.17) is 11.3 Å². The number of halogens is 5. The fourth-order valence-corrected chi connectivity index (χ4v) is 4.32. The SMILES string of the molecule is [C-]#[N+]c1cc(NC(=O)N2CCc3nn4c(c3C2)C(F)(F)CC[C@@](O)(COCC(F)F)C4)ccc1F. The van der Waals surface area contributed by atoms with Crippen molar-refractivity contribution < 1.29 is 36.6 Å². The summed E-state index contributed by atoms with van der Waals surface area (Å²) in [5.41, 5.74) is -1.80. The van der Waals surface area contributed by atoms with Crippen LogP contribution >= 0.6 is 0 Å². The van der Waals surface area contributed by atoms with E-state index in [0.717, 1.165) is 10.7 Å². The Labute approximate surface area is 197 Å². The lowest BCUT2D eigenvalue weighted by Crippen LogP contribution is -2.39. The third-order valence-corrected chi connectivity index (χ3v) is 6.02. The third kappa shape index (κ3) is 5.23. The second kappa shape index (κ2) is 9.43. The van der Waals surface area contributed by atoms with Crippen LogP contribution in [0.2, 0.25) is 0 Å². The molecule has 8 nitrogen and oxygen atoms in total. The monoisotopic (exact) mass is 499 g/mol. The quantitative estimate of drug-likeness (QED) is 0.480. The molecule has 0 aliphatic carbocycles. The van der Waals surface area contributed by atoms with Crippen LogP contribution in [0.25, 0.3) is 4.85 Å². The maximum atomic E-state index is 15.2. The molecule has 1 aromatic carbocycles. The summed E-state index contributed by atoms with van der Waals surface area (Å²) in [4.78, 5) is 17.1. The molecule has 2 aliphatic rings. The minimum Gasteiger partial charge on any atom is -0.386 e. The fraction of sp³-hybridized carbons (Fsp3) is 0.500. The molecule has 4 rings (SSSR count). The molecule has 0 unspecified atom stereocenters. The number of rotatable bonds is 5. The molecule has 0 saturated carbocycles. The molecule has 35 heavy (non-hydrogen) atoms. The maximum Gasteiger partial charge on any atom is 0.322 e. The standard InChI is InChI=1S/C22H22F5N5O3/c1-28-17-8-13(2-3-15(17)23)29-20(33)31-7-4-16-14(9-31)19-22(26,27)6-5-21(34,11-32(19)30-16)12-35-10-18(24)25/h2-3,8,18,34H,4-7,9-12H2,(H,29,33)/t21-/m0/s1. The molecule has 1 atom stereocenters. The number of benzene rings is 1. The van der Waals surface area contributed by atoms with Crippen LogP contribution in [0.15, 0.2) is 18.2 Å². The van der Waals surface area contributed by atoms with Crippen LogP contribution in [0.4, 0.5) is 38.1 Å². The van der Waals surface area contributed by atoms with Crippen molar-refractivity contribution in [2.45, 2.75) is 50.3 Å². The van der Waals surface area contributed by atoms with Crippen LogP contribution in [0, 0.1) is 12.4 Å². The number of fused-ring (bicyclic) bond motifs is 3. The highest BCUT2D eigenvalue weighted by Gasteiger charge is 2.47. The normalized spacial score (nSPS) is 21.1. The fourth-order valence-electron chi connectivity index (χ4n) is 4.32. The molecular formula is C22H22F5N5O3. The number of carbonyl (C=O) groups is 1. The van der Waals surface area contributed by atoms with E-state index in [9.17, 15) is 23.1 Å². The summed E-state index contributed by atoms with van der Waals surface area (Å²) in [6.07, 6.45) is -3.71. The number of alkyl halides is 4. The highest BCUT2D eigenvalue weighted by molar-refractivity contribution is 5.90. The third-order valence-electron chi connectivity index (χ3n) is 6.02.